The molecule has 0 atom stereocenters. The molecule has 0 fully saturated rings. The zero-order valence-corrected chi connectivity index (χ0v) is 12.1. The topological polar surface area (TPSA) is 59.6 Å². The van der Waals surface area contributed by atoms with Gasteiger partial charge in [-0.15, -0.1) is 0 Å². The average Bonchev–Trinajstić information content (AvgIpc) is 2.42. The molecule has 0 saturated carbocycles. The van der Waals surface area contributed by atoms with Gasteiger partial charge in [0.2, 0.25) is 5.91 Å². The maximum Gasteiger partial charge on any atom is 0.238 e. The monoisotopic (exact) mass is 278 g/mol. The molecule has 5 nitrogen and oxygen atoms in total. The van der Waals surface area contributed by atoms with Gasteiger partial charge in [0.15, 0.2) is 0 Å². The fraction of sp³-hybridized carbons (Fsp3) is 0.400. The molecule has 0 aliphatic carbocycles. The molecule has 5 heteroatoms. The smallest absolute Gasteiger partial charge is 0.238 e. The van der Waals surface area contributed by atoms with E-state index in [1.807, 2.05) is 25.1 Å². The van der Waals surface area contributed by atoms with Crippen LogP contribution in [0.25, 0.3) is 0 Å². The zero-order chi connectivity index (χ0) is 14.8. The van der Waals surface area contributed by atoms with Gasteiger partial charge in [-0.1, -0.05) is 12.6 Å². The van der Waals surface area contributed by atoms with E-state index in [1.54, 1.807) is 13.2 Å². The van der Waals surface area contributed by atoms with E-state index in [-0.39, 0.29) is 12.5 Å². The lowest BCUT2D eigenvalue weighted by Gasteiger charge is -2.09. The molecule has 0 saturated heterocycles. The molecule has 0 bridgehead atoms. The standard InChI is InChI=1S/C15H22N2O3/c1-12(2)11-20-14-6-4-5-13(9-14)17-15(18)10-16-7-8-19-3/h4-6,9,16H,1,7-8,10-11H2,2-3H3,(H,17,18). The summed E-state index contributed by atoms with van der Waals surface area (Å²) in [4.78, 5) is 11.7. The Morgan fingerprint density at radius 2 is 2.20 bits per heavy atom. The Morgan fingerprint density at radius 1 is 1.40 bits per heavy atom. The highest BCUT2D eigenvalue weighted by Gasteiger charge is 2.03. The average molecular weight is 278 g/mol. The van der Waals surface area contributed by atoms with Gasteiger partial charge < -0.3 is 20.1 Å². The second kappa shape index (κ2) is 9.12. The highest BCUT2D eigenvalue weighted by atomic mass is 16.5. The molecule has 0 radical (unpaired) electrons. The summed E-state index contributed by atoms with van der Waals surface area (Å²) in [6, 6.07) is 7.29. The van der Waals surface area contributed by atoms with Crippen LogP contribution in [0.1, 0.15) is 6.92 Å². The van der Waals surface area contributed by atoms with E-state index in [0.717, 1.165) is 5.57 Å². The molecule has 0 aromatic heterocycles. The van der Waals surface area contributed by atoms with E-state index in [4.69, 9.17) is 9.47 Å². The fourth-order valence-electron chi connectivity index (χ4n) is 1.45. The molecule has 0 aliphatic heterocycles. The number of carbonyl (C=O) groups excluding carboxylic acids is 1. The lowest BCUT2D eigenvalue weighted by Crippen LogP contribution is -2.30. The van der Waals surface area contributed by atoms with Crippen LogP contribution < -0.4 is 15.4 Å². The zero-order valence-electron chi connectivity index (χ0n) is 12.1. The molecule has 1 aromatic rings. The quantitative estimate of drug-likeness (QED) is 0.534. The summed E-state index contributed by atoms with van der Waals surface area (Å²) >= 11 is 0. The van der Waals surface area contributed by atoms with Crippen molar-refractivity contribution in [2.24, 2.45) is 0 Å². The van der Waals surface area contributed by atoms with Crippen LogP contribution in [0.4, 0.5) is 5.69 Å². The van der Waals surface area contributed by atoms with Crippen LogP contribution >= 0.6 is 0 Å². The molecule has 0 unspecified atom stereocenters. The minimum Gasteiger partial charge on any atom is -0.489 e. The van der Waals surface area contributed by atoms with E-state index >= 15 is 0 Å². The molecule has 1 rings (SSSR count). The van der Waals surface area contributed by atoms with Crippen LogP contribution in [0.2, 0.25) is 0 Å². The molecule has 0 spiro atoms. The largest absolute Gasteiger partial charge is 0.489 e. The summed E-state index contributed by atoms with van der Waals surface area (Å²) in [5.74, 6) is 0.608. The maximum absolute atomic E-state index is 11.7. The molecule has 1 aromatic carbocycles. The first-order valence-corrected chi connectivity index (χ1v) is 6.48. The lowest BCUT2D eigenvalue weighted by atomic mass is 10.3. The molecule has 20 heavy (non-hydrogen) atoms. The molecule has 2 N–H and O–H groups in total. The summed E-state index contributed by atoms with van der Waals surface area (Å²) in [7, 11) is 1.62. The number of benzene rings is 1. The van der Waals surface area contributed by atoms with Gasteiger partial charge in [-0.2, -0.15) is 0 Å². The van der Waals surface area contributed by atoms with Crippen molar-refractivity contribution in [3.05, 3.63) is 36.4 Å². The summed E-state index contributed by atoms with van der Waals surface area (Å²) in [6.45, 7) is 7.62. The first-order valence-electron chi connectivity index (χ1n) is 6.48. The third-order valence-corrected chi connectivity index (χ3v) is 2.37. The maximum atomic E-state index is 11.7. The number of anilines is 1. The SMILES string of the molecule is C=C(C)COc1cccc(NC(=O)CNCCOC)c1. The summed E-state index contributed by atoms with van der Waals surface area (Å²) in [5, 5.41) is 5.78. The van der Waals surface area contributed by atoms with Crippen molar-refractivity contribution in [2.75, 3.05) is 38.7 Å². The first kappa shape index (κ1) is 16.2. The summed E-state index contributed by atoms with van der Waals surface area (Å²) in [6.07, 6.45) is 0. The minimum atomic E-state index is -0.0989. The van der Waals surface area contributed by atoms with Gasteiger partial charge in [0, 0.05) is 25.4 Å². The molecular weight excluding hydrogens is 256 g/mol. The molecular formula is C15H22N2O3. The lowest BCUT2D eigenvalue weighted by molar-refractivity contribution is -0.115. The second-order valence-electron chi connectivity index (χ2n) is 4.49. The number of hydrogen-bond acceptors (Lipinski definition) is 4. The van der Waals surface area contributed by atoms with Gasteiger partial charge in [-0.05, 0) is 24.6 Å². The van der Waals surface area contributed by atoms with Gasteiger partial charge in [0.05, 0.1) is 13.2 Å². The van der Waals surface area contributed by atoms with Crippen LogP contribution in [0.5, 0.6) is 5.75 Å². The Labute approximate surface area is 120 Å². The van der Waals surface area contributed by atoms with Crippen molar-refractivity contribution in [3.8, 4) is 5.75 Å². The molecule has 0 aliphatic rings. The molecule has 0 heterocycles. The van der Waals surface area contributed by atoms with Gasteiger partial charge in [0.1, 0.15) is 12.4 Å². The van der Waals surface area contributed by atoms with Crippen LogP contribution in [-0.4, -0.2) is 39.3 Å². The van der Waals surface area contributed by atoms with Gasteiger partial charge in [-0.3, -0.25) is 4.79 Å². The van der Waals surface area contributed by atoms with Crippen molar-refractivity contribution in [1.29, 1.82) is 0 Å². The molecule has 110 valence electrons. The van der Waals surface area contributed by atoms with Gasteiger partial charge >= 0.3 is 0 Å². The van der Waals surface area contributed by atoms with Crippen LogP contribution in [0.3, 0.4) is 0 Å². The number of methoxy groups -OCH3 is 1. The third-order valence-electron chi connectivity index (χ3n) is 2.37. The van der Waals surface area contributed by atoms with E-state index in [0.29, 0.717) is 31.2 Å². The van der Waals surface area contributed by atoms with E-state index in [1.165, 1.54) is 0 Å². The number of hydrogen-bond donors (Lipinski definition) is 2. The van der Waals surface area contributed by atoms with Crippen molar-refractivity contribution in [2.45, 2.75) is 6.92 Å². The normalized spacial score (nSPS) is 10.1. The predicted octanol–water partition coefficient (Wildman–Crippen LogP) is 1.82. The van der Waals surface area contributed by atoms with E-state index < -0.39 is 0 Å². The number of amides is 1. The number of nitrogens with one attached hydrogen (secondary N) is 2. The predicted molar refractivity (Wildman–Crippen MR) is 80.1 cm³/mol. The Kier molecular flexibility index (Phi) is 7.39. The Balaban J connectivity index is 2.40. The van der Waals surface area contributed by atoms with Crippen LogP contribution in [0, 0.1) is 0 Å². The fourth-order valence-corrected chi connectivity index (χ4v) is 1.45. The highest BCUT2D eigenvalue weighted by Crippen LogP contribution is 2.17. The van der Waals surface area contributed by atoms with Gasteiger partial charge in [-0.25, -0.2) is 0 Å². The van der Waals surface area contributed by atoms with Crippen molar-refractivity contribution >= 4 is 11.6 Å². The first-order chi connectivity index (χ1) is 9.61. The summed E-state index contributed by atoms with van der Waals surface area (Å²) in [5.41, 5.74) is 1.66. The third kappa shape index (κ3) is 6.92. The van der Waals surface area contributed by atoms with Crippen LogP contribution in [-0.2, 0) is 9.53 Å². The summed E-state index contributed by atoms with van der Waals surface area (Å²) < 4.78 is 10.4. The number of carbonyl (C=O) groups is 1. The minimum absolute atomic E-state index is 0.0989. The second-order valence-corrected chi connectivity index (χ2v) is 4.49. The van der Waals surface area contributed by atoms with Crippen molar-refractivity contribution in [1.82, 2.24) is 5.32 Å². The molecule has 1 amide bonds. The van der Waals surface area contributed by atoms with Crippen LogP contribution in [0.15, 0.2) is 36.4 Å². The van der Waals surface area contributed by atoms with E-state index in [2.05, 4.69) is 17.2 Å². The Hall–Kier alpha value is -1.85. The number of rotatable bonds is 9. The van der Waals surface area contributed by atoms with E-state index in [9.17, 15) is 4.79 Å². The Morgan fingerprint density at radius 3 is 2.90 bits per heavy atom. The Bertz CT molecular complexity index is 446. The number of ether oxygens (including phenoxy) is 2. The van der Waals surface area contributed by atoms with Crippen molar-refractivity contribution in [3.63, 3.8) is 0 Å². The van der Waals surface area contributed by atoms with Gasteiger partial charge in [0.25, 0.3) is 0 Å². The highest BCUT2D eigenvalue weighted by molar-refractivity contribution is 5.92. The van der Waals surface area contributed by atoms with Crippen molar-refractivity contribution < 1.29 is 14.3 Å².